The van der Waals surface area contributed by atoms with Crippen LogP contribution in [0.3, 0.4) is 0 Å². The van der Waals surface area contributed by atoms with Gasteiger partial charge in [-0.1, -0.05) is 29.0 Å². The molecule has 18 heavy (non-hydrogen) atoms. The largest absolute Gasteiger partial charge is 0.375 e. The average molecular weight is 259 g/mol. The highest BCUT2D eigenvalue weighted by molar-refractivity contribution is 7.17. The predicted octanol–water partition coefficient (Wildman–Crippen LogP) is 2.24. The number of nitrogens with zero attached hydrogens (tertiary/aromatic N) is 2. The molecule has 2 aromatic rings. The summed E-state index contributed by atoms with van der Waals surface area (Å²) in [5.74, 6) is 0.00861. The van der Waals surface area contributed by atoms with Gasteiger partial charge in [0.25, 0.3) is 5.91 Å². The lowest BCUT2D eigenvalue weighted by Crippen LogP contribution is -2.36. The Labute approximate surface area is 109 Å². The minimum atomic E-state index is 0.00861. The number of nitrogens with two attached hydrogens (primary N) is 1. The van der Waals surface area contributed by atoms with E-state index < -0.39 is 0 Å². The van der Waals surface area contributed by atoms with Crippen LogP contribution in [-0.2, 0) is 6.42 Å². The molecule has 0 unspecified atom stereocenters. The summed E-state index contributed by atoms with van der Waals surface area (Å²) in [6, 6.07) is 7.98. The molecule has 3 rings (SSSR count). The molecule has 1 amide bonds. The van der Waals surface area contributed by atoms with Crippen molar-refractivity contribution >= 4 is 28.1 Å². The molecule has 0 saturated carbocycles. The molecule has 5 heteroatoms. The molecule has 0 radical (unpaired) electrons. The SMILES string of the molecule is Cc1ccc(N2CCc3nc(N)sc3C2=O)cc1. The first kappa shape index (κ1) is 11.2. The number of aryl methyl sites for hydroxylation is 1. The van der Waals surface area contributed by atoms with E-state index in [0.29, 0.717) is 16.6 Å². The highest BCUT2D eigenvalue weighted by atomic mass is 32.1. The monoisotopic (exact) mass is 259 g/mol. The van der Waals surface area contributed by atoms with Gasteiger partial charge in [-0.25, -0.2) is 4.98 Å². The maximum absolute atomic E-state index is 12.4. The molecule has 0 aliphatic carbocycles. The summed E-state index contributed by atoms with van der Waals surface area (Å²) in [5.41, 5.74) is 8.62. The van der Waals surface area contributed by atoms with Crippen LogP contribution >= 0.6 is 11.3 Å². The van der Waals surface area contributed by atoms with E-state index in [9.17, 15) is 4.79 Å². The van der Waals surface area contributed by atoms with Crippen molar-refractivity contribution in [2.75, 3.05) is 17.2 Å². The minimum Gasteiger partial charge on any atom is -0.375 e. The van der Waals surface area contributed by atoms with E-state index in [2.05, 4.69) is 4.98 Å². The number of hydrogen-bond donors (Lipinski definition) is 1. The standard InChI is InChI=1S/C13H13N3OS/c1-8-2-4-9(5-3-8)16-7-6-10-11(12(16)17)18-13(14)15-10/h2-5H,6-7H2,1H3,(H2,14,15). The van der Waals surface area contributed by atoms with Crippen LogP contribution in [0.15, 0.2) is 24.3 Å². The molecule has 0 spiro atoms. The molecule has 0 atom stereocenters. The number of amides is 1. The lowest BCUT2D eigenvalue weighted by atomic mass is 10.1. The summed E-state index contributed by atoms with van der Waals surface area (Å²) in [6.45, 7) is 2.70. The van der Waals surface area contributed by atoms with Gasteiger partial charge in [0.05, 0.1) is 5.69 Å². The predicted molar refractivity (Wildman–Crippen MR) is 73.1 cm³/mol. The number of anilines is 2. The summed E-state index contributed by atoms with van der Waals surface area (Å²) in [5, 5.41) is 0.471. The highest BCUT2D eigenvalue weighted by Crippen LogP contribution is 2.29. The van der Waals surface area contributed by atoms with E-state index in [0.717, 1.165) is 17.8 Å². The van der Waals surface area contributed by atoms with Crippen molar-refractivity contribution in [1.29, 1.82) is 0 Å². The van der Waals surface area contributed by atoms with Crippen molar-refractivity contribution in [3.8, 4) is 0 Å². The highest BCUT2D eigenvalue weighted by Gasteiger charge is 2.28. The number of rotatable bonds is 1. The molecule has 0 saturated heterocycles. The lowest BCUT2D eigenvalue weighted by Gasteiger charge is -2.26. The summed E-state index contributed by atoms with van der Waals surface area (Å²) < 4.78 is 0. The molecule has 1 aliphatic heterocycles. The van der Waals surface area contributed by atoms with Gasteiger partial charge in [0.2, 0.25) is 0 Å². The van der Waals surface area contributed by atoms with Crippen molar-refractivity contribution in [3.05, 3.63) is 40.4 Å². The van der Waals surface area contributed by atoms with Gasteiger partial charge in [-0.15, -0.1) is 0 Å². The Balaban J connectivity index is 1.97. The zero-order valence-corrected chi connectivity index (χ0v) is 10.8. The summed E-state index contributed by atoms with van der Waals surface area (Å²) >= 11 is 1.28. The third-order valence-corrected chi connectivity index (χ3v) is 3.99. The number of hydrogen-bond acceptors (Lipinski definition) is 4. The van der Waals surface area contributed by atoms with E-state index in [1.165, 1.54) is 16.9 Å². The Morgan fingerprint density at radius 2 is 2.06 bits per heavy atom. The molecular formula is C13H13N3OS. The van der Waals surface area contributed by atoms with Gasteiger partial charge in [0, 0.05) is 18.7 Å². The molecule has 0 fully saturated rings. The lowest BCUT2D eigenvalue weighted by molar-refractivity contribution is 0.0984. The summed E-state index contributed by atoms with van der Waals surface area (Å²) in [4.78, 5) is 19.0. The molecule has 2 heterocycles. The van der Waals surface area contributed by atoms with E-state index >= 15 is 0 Å². The zero-order valence-electron chi connectivity index (χ0n) is 10.0. The third-order valence-electron chi connectivity index (χ3n) is 3.07. The quantitative estimate of drug-likeness (QED) is 0.854. The van der Waals surface area contributed by atoms with Crippen molar-refractivity contribution in [3.63, 3.8) is 0 Å². The molecule has 4 nitrogen and oxygen atoms in total. The fourth-order valence-electron chi connectivity index (χ4n) is 2.12. The van der Waals surface area contributed by atoms with Crippen LogP contribution < -0.4 is 10.6 Å². The first-order valence-corrected chi connectivity index (χ1v) is 6.60. The van der Waals surface area contributed by atoms with Crippen LogP contribution in [0.1, 0.15) is 20.9 Å². The van der Waals surface area contributed by atoms with E-state index in [1.807, 2.05) is 31.2 Å². The molecule has 0 bridgehead atoms. The average Bonchev–Trinajstić information content (AvgIpc) is 2.73. The van der Waals surface area contributed by atoms with Gasteiger partial charge in [0.1, 0.15) is 4.88 Å². The first-order valence-electron chi connectivity index (χ1n) is 5.79. The van der Waals surface area contributed by atoms with Crippen molar-refractivity contribution in [1.82, 2.24) is 4.98 Å². The van der Waals surface area contributed by atoms with Crippen molar-refractivity contribution < 1.29 is 4.79 Å². The number of benzene rings is 1. The second-order valence-electron chi connectivity index (χ2n) is 4.37. The second kappa shape index (κ2) is 4.10. The van der Waals surface area contributed by atoms with Crippen LogP contribution in [0.5, 0.6) is 0 Å². The van der Waals surface area contributed by atoms with E-state index in [1.54, 1.807) is 4.90 Å². The Bertz CT molecular complexity index is 603. The number of thiazole rings is 1. The fraction of sp³-hybridized carbons (Fsp3) is 0.231. The topological polar surface area (TPSA) is 59.2 Å². The molecule has 1 aliphatic rings. The van der Waals surface area contributed by atoms with Gasteiger partial charge < -0.3 is 10.6 Å². The van der Waals surface area contributed by atoms with E-state index in [4.69, 9.17) is 5.73 Å². The van der Waals surface area contributed by atoms with Gasteiger partial charge in [-0.05, 0) is 19.1 Å². The second-order valence-corrected chi connectivity index (χ2v) is 5.40. The third kappa shape index (κ3) is 1.76. The van der Waals surface area contributed by atoms with Gasteiger partial charge in [-0.3, -0.25) is 4.79 Å². The van der Waals surface area contributed by atoms with Crippen LogP contribution in [0.25, 0.3) is 0 Å². The normalized spacial score (nSPS) is 14.7. The summed E-state index contributed by atoms with van der Waals surface area (Å²) in [7, 11) is 0. The molecule has 1 aromatic carbocycles. The number of fused-ring (bicyclic) bond motifs is 1. The maximum atomic E-state index is 12.4. The van der Waals surface area contributed by atoms with Crippen LogP contribution in [-0.4, -0.2) is 17.4 Å². The Hall–Kier alpha value is -1.88. The fourth-order valence-corrected chi connectivity index (χ4v) is 2.95. The van der Waals surface area contributed by atoms with Crippen molar-refractivity contribution in [2.24, 2.45) is 0 Å². The van der Waals surface area contributed by atoms with Crippen LogP contribution in [0.4, 0.5) is 10.8 Å². The Kier molecular flexibility index (Phi) is 2.56. The molecule has 2 N–H and O–H groups in total. The number of nitrogen functional groups attached to an aromatic ring is 1. The first-order chi connectivity index (χ1) is 8.65. The molecule has 1 aromatic heterocycles. The Morgan fingerprint density at radius 1 is 1.33 bits per heavy atom. The van der Waals surface area contributed by atoms with Gasteiger partial charge in [0.15, 0.2) is 5.13 Å². The summed E-state index contributed by atoms with van der Waals surface area (Å²) in [6.07, 6.45) is 0.767. The molecule has 92 valence electrons. The molecular weight excluding hydrogens is 246 g/mol. The minimum absolute atomic E-state index is 0.00861. The van der Waals surface area contributed by atoms with Gasteiger partial charge in [-0.2, -0.15) is 0 Å². The van der Waals surface area contributed by atoms with Gasteiger partial charge >= 0.3 is 0 Å². The Morgan fingerprint density at radius 3 is 2.78 bits per heavy atom. The number of aromatic nitrogens is 1. The smallest absolute Gasteiger partial charge is 0.270 e. The van der Waals surface area contributed by atoms with Crippen LogP contribution in [0, 0.1) is 6.92 Å². The van der Waals surface area contributed by atoms with Crippen LogP contribution in [0.2, 0.25) is 0 Å². The maximum Gasteiger partial charge on any atom is 0.270 e. The number of carbonyl (C=O) groups excluding carboxylic acids is 1. The zero-order chi connectivity index (χ0) is 12.7. The van der Waals surface area contributed by atoms with Crippen molar-refractivity contribution in [2.45, 2.75) is 13.3 Å². The number of carbonyl (C=O) groups is 1. The van der Waals surface area contributed by atoms with E-state index in [-0.39, 0.29) is 5.91 Å².